The molecule has 0 bridgehead atoms. The van der Waals surface area contributed by atoms with Crippen LogP contribution in [0.4, 0.5) is 10.1 Å². The molecule has 1 aromatic rings. The summed E-state index contributed by atoms with van der Waals surface area (Å²) in [6.45, 7) is 4.13. The van der Waals surface area contributed by atoms with Gasteiger partial charge in [0.25, 0.3) is 0 Å². The molecule has 3 heteroatoms. The van der Waals surface area contributed by atoms with Gasteiger partial charge >= 0.3 is 0 Å². The zero-order chi connectivity index (χ0) is 11.5. The molecule has 1 aliphatic rings. The number of anilines is 1. The minimum atomic E-state index is -0.255. The lowest BCUT2D eigenvalue weighted by Crippen LogP contribution is -2.26. The summed E-state index contributed by atoms with van der Waals surface area (Å²) >= 11 is 0. The van der Waals surface area contributed by atoms with Crippen LogP contribution >= 0.6 is 0 Å². The number of nitrogen functional groups attached to an aromatic ring is 1. The minimum Gasteiger partial charge on any atom is -0.398 e. The first-order valence-electron chi connectivity index (χ1n) is 5.98. The molecule has 16 heavy (non-hydrogen) atoms. The molecule has 2 nitrogen and oxygen atoms in total. The van der Waals surface area contributed by atoms with Crippen LogP contribution in [0.5, 0.6) is 0 Å². The maximum absolute atomic E-state index is 12.9. The summed E-state index contributed by atoms with van der Waals surface area (Å²) in [7, 11) is 0. The van der Waals surface area contributed by atoms with Crippen LogP contribution in [-0.2, 0) is 6.54 Å². The molecule has 0 aromatic heterocycles. The van der Waals surface area contributed by atoms with Crippen LogP contribution in [0.25, 0.3) is 0 Å². The Bertz CT molecular complexity index is 361. The molecule has 0 amide bonds. The van der Waals surface area contributed by atoms with Crippen LogP contribution in [-0.4, -0.2) is 17.5 Å². The van der Waals surface area contributed by atoms with Gasteiger partial charge in [-0.25, -0.2) is 4.39 Å². The molecule has 1 aromatic carbocycles. The van der Waals surface area contributed by atoms with Crippen molar-refractivity contribution in [2.75, 3.05) is 12.3 Å². The predicted molar refractivity (Wildman–Crippen MR) is 64.5 cm³/mol. The van der Waals surface area contributed by atoms with Gasteiger partial charge < -0.3 is 5.73 Å². The van der Waals surface area contributed by atoms with Gasteiger partial charge in [-0.05, 0) is 43.5 Å². The van der Waals surface area contributed by atoms with Gasteiger partial charge in [-0.15, -0.1) is 0 Å². The Kier molecular flexibility index (Phi) is 3.44. The highest BCUT2D eigenvalue weighted by atomic mass is 19.1. The average Bonchev–Trinajstić information content (AvgIpc) is 3.04. The maximum atomic E-state index is 12.9. The van der Waals surface area contributed by atoms with Crippen LogP contribution < -0.4 is 5.73 Å². The third-order valence-corrected chi connectivity index (χ3v) is 3.06. The van der Waals surface area contributed by atoms with Crippen molar-refractivity contribution in [2.24, 2.45) is 0 Å². The standard InChI is InChI=1S/C13H19FN2/c1-2-7-16(12-5-6-12)9-10-3-4-11(14)8-13(10)15/h3-4,8,12H,2,5-7,9,15H2,1H3. The third-order valence-electron chi connectivity index (χ3n) is 3.06. The molecule has 0 aliphatic heterocycles. The van der Waals surface area contributed by atoms with Crippen molar-refractivity contribution in [1.82, 2.24) is 4.90 Å². The summed E-state index contributed by atoms with van der Waals surface area (Å²) < 4.78 is 12.9. The van der Waals surface area contributed by atoms with Crippen molar-refractivity contribution in [2.45, 2.75) is 38.8 Å². The van der Waals surface area contributed by atoms with E-state index in [0.29, 0.717) is 5.69 Å². The van der Waals surface area contributed by atoms with E-state index < -0.39 is 0 Å². The second-order valence-corrected chi connectivity index (χ2v) is 4.54. The first-order chi connectivity index (χ1) is 7.70. The van der Waals surface area contributed by atoms with Crippen LogP contribution in [0.2, 0.25) is 0 Å². The molecule has 2 N–H and O–H groups in total. The molecular weight excluding hydrogens is 203 g/mol. The highest BCUT2D eigenvalue weighted by molar-refractivity contribution is 5.46. The topological polar surface area (TPSA) is 29.3 Å². The molecule has 1 saturated carbocycles. The molecule has 0 atom stereocenters. The normalized spacial score (nSPS) is 15.7. The van der Waals surface area contributed by atoms with Crippen LogP contribution in [0.3, 0.4) is 0 Å². The summed E-state index contributed by atoms with van der Waals surface area (Å²) in [6.07, 6.45) is 3.74. The quantitative estimate of drug-likeness (QED) is 0.776. The Morgan fingerprint density at radius 2 is 2.19 bits per heavy atom. The number of nitrogens with zero attached hydrogens (tertiary/aromatic N) is 1. The monoisotopic (exact) mass is 222 g/mol. The molecule has 0 unspecified atom stereocenters. The van der Waals surface area contributed by atoms with Crippen molar-refractivity contribution < 1.29 is 4.39 Å². The molecule has 88 valence electrons. The lowest BCUT2D eigenvalue weighted by Gasteiger charge is -2.22. The van der Waals surface area contributed by atoms with Crippen LogP contribution in [0.1, 0.15) is 31.7 Å². The zero-order valence-corrected chi connectivity index (χ0v) is 9.75. The summed E-state index contributed by atoms with van der Waals surface area (Å²) in [5.74, 6) is -0.255. The van der Waals surface area contributed by atoms with Crippen LogP contribution in [0, 0.1) is 5.82 Å². The number of rotatable bonds is 5. The van der Waals surface area contributed by atoms with Gasteiger partial charge in [0.05, 0.1) is 0 Å². The molecule has 0 radical (unpaired) electrons. The molecule has 0 saturated heterocycles. The van der Waals surface area contributed by atoms with Crippen LogP contribution in [0.15, 0.2) is 18.2 Å². The van der Waals surface area contributed by atoms with Crippen molar-refractivity contribution in [3.05, 3.63) is 29.6 Å². The van der Waals surface area contributed by atoms with E-state index in [4.69, 9.17) is 5.73 Å². The second kappa shape index (κ2) is 4.83. The molecule has 0 spiro atoms. The lowest BCUT2D eigenvalue weighted by atomic mass is 10.1. The molecule has 1 fully saturated rings. The molecule has 1 aliphatic carbocycles. The highest BCUT2D eigenvalue weighted by Crippen LogP contribution is 2.29. The van der Waals surface area contributed by atoms with Crippen molar-refractivity contribution in [3.63, 3.8) is 0 Å². The molecular formula is C13H19FN2. The van der Waals surface area contributed by atoms with E-state index >= 15 is 0 Å². The summed E-state index contributed by atoms with van der Waals surface area (Å²) in [5, 5.41) is 0. The Balaban J connectivity index is 2.05. The fourth-order valence-electron chi connectivity index (χ4n) is 2.05. The van der Waals surface area contributed by atoms with Gasteiger partial charge in [-0.1, -0.05) is 13.0 Å². The number of hydrogen-bond acceptors (Lipinski definition) is 2. The number of nitrogens with two attached hydrogens (primary N) is 1. The van der Waals surface area contributed by atoms with E-state index in [1.807, 2.05) is 0 Å². The van der Waals surface area contributed by atoms with E-state index in [1.54, 1.807) is 6.07 Å². The first-order valence-corrected chi connectivity index (χ1v) is 5.98. The van der Waals surface area contributed by atoms with E-state index in [9.17, 15) is 4.39 Å². The Morgan fingerprint density at radius 3 is 2.75 bits per heavy atom. The van der Waals surface area contributed by atoms with Gasteiger partial charge in [0, 0.05) is 18.3 Å². The lowest BCUT2D eigenvalue weighted by molar-refractivity contribution is 0.256. The minimum absolute atomic E-state index is 0.255. The predicted octanol–water partition coefficient (Wildman–Crippen LogP) is 2.78. The summed E-state index contributed by atoms with van der Waals surface area (Å²) in [4.78, 5) is 2.45. The fourth-order valence-corrected chi connectivity index (χ4v) is 2.05. The fraction of sp³-hybridized carbons (Fsp3) is 0.538. The summed E-state index contributed by atoms with van der Waals surface area (Å²) in [6, 6.07) is 5.43. The number of halogens is 1. The van der Waals surface area contributed by atoms with Gasteiger partial charge in [-0.3, -0.25) is 4.90 Å². The average molecular weight is 222 g/mol. The largest absolute Gasteiger partial charge is 0.398 e. The highest BCUT2D eigenvalue weighted by Gasteiger charge is 2.28. The number of hydrogen-bond donors (Lipinski definition) is 1. The second-order valence-electron chi connectivity index (χ2n) is 4.54. The van der Waals surface area contributed by atoms with E-state index in [2.05, 4.69) is 11.8 Å². The Morgan fingerprint density at radius 1 is 1.44 bits per heavy atom. The van der Waals surface area contributed by atoms with E-state index in [0.717, 1.165) is 31.1 Å². The van der Waals surface area contributed by atoms with E-state index in [1.165, 1.54) is 25.0 Å². The smallest absolute Gasteiger partial charge is 0.125 e. The van der Waals surface area contributed by atoms with Crippen molar-refractivity contribution in [1.29, 1.82) is 0 Å². The molecule has 0 heterocycles. The maximum Gasteiger partial charge on any atom is 0.125 e. The molecule has 2 rings (SSSR count). The van der Waals surface area contributed by atoms with E-state index in [-0.39, 0.29) is 5.82 Å². The Labute approximate surface area is 96.2 Å². The van der Waals surface area contributed by atoms with Gasteiger partial charge in [0.15, 0.2) is 0 Å². The first kappa shape index (κ1) is 11.4. The number of benzene rings is 1. The third kappa shape index (κ3) is 2.73. The SMILES string of the molecule is CCCN(Cc1ccc(F)cc1N)C1CC1. The zero-order valence-electron chi connectivity index (χ0n) is 9.75. The van der Waals surface area contributed by atoms with Gasteiger partial charge in [0.1, 0.15) is 5.82 Å². The van der Waals surface area contributed by atoms with Crippen molar-refractivity contribution in [3.8, 4) is 0 Å². The van der Waals surface area contributed by atoms with Gasteiger partial charge in [0.2, 0.25) is 0 Å². The van der Waals surface area contributed by atoms with Gasteiger partial charge in [-0.2, -0.15) is 0 Å². The Hall–Kier alpha value is -1.09. The van der Waals surface area contributed by atoms with Crippen molar-refractivity contribution >= 4 is 5.69 Å². The summed E-state index contributed by atoms with van der Waals surface area (Å²) in [5.41, 5.74) is 7.43.